The standard InChI is InChI=1S/C19H30N6O/c1-3-20-19(21-8-11-25-15-16(2)13-23-25)22-14-17(18-7-6-12-26-18)24-9-4-5-10-24/h6-7,12-13,15,17H,3-5,8-11,14H2,1-2H3,(H2,20,21,22). The molecule has 142 valence electrons. The van der Waals surface area contributed by atoms with E-state index in [0.29, 0.717) is 6.54 Å². The second-order valence-corrected chi connectivity index (χ2v) is 6.70. The lowest BCUT2D eigenvalue weighted by molar-refractivity contribution is 0.221. The highest BCUT2D eigenvalue weighted by Crippen LogP contribution is 2.25. The Balaban J connectivity index is 1.58. The SMILES string of the molecule is CCNC(=NCC(c1ccco1)N1CCCC1)NCCn1cc(C)cn1. The fourth-order valence-electron chi connectivity index (χ4n) is 3.32. The Kier molecular flexibility index (Phi) is 6.71. The van der Waals surface area contributed by atoms with Crippen LogP contribution in [0, 0.1) is 6.92 Å². The predicted octanol–water partition coefficient (Wildman–Crippen LogP) is 2.18. The molecule has 0 radical (unpaired) electrons. The maximum Gasteiger partial charge on any atom is 0.191 e. The van der Waals surface area contributed by atoms with Crippen LogP contribution < -0.4 is 10.6 Å². The normalized spacial score (nSPS) is 16.8. The third kappa shape index (κ3) is 5.11. The van der Waals surface area contributed by atoms with Gasteiger partial charge in [0.2, 0.25) is 0 Å². The highest BCUT2D eigenvalue weighted by molar-refractivity contribution is 5.79. The van der Waals surface area contributed by atoms with Gasteiger partial charge in [0.25, 0.3) is 0 Å². The van der Waals surface area contributed by atoms with E-state index >= 15 is 0 Å². The molecule has 1 saturated heterocycles. The Morgan fingerprint density at radius 3 is 2.85 bits per heavy atom. The number of nitrogens with zero attached hydrogens (tertiary/aromatic N) is 4. The quantitative estimate of drug-likeness (QED) is 0.559. The third-order valence-corrected chi connectivity index (χ3v) is 4.62. The molecule has 1 aliphatic rings. The molecule has 3 rings (SSSR count). The van der Waals surface area contributed by atoms with Gasteiger partial charge in [-0.2, -0.15) is 5.10 Å². The van der Waals surface area contributed by atoms with Gasteiger partial charge in [0.05, 0.1) is 31.6 Å². The molecule has 1 atom stereocenters. The fourth-order valence-corrected chi connectivity index (χ4v) is 3.32. The first-order valence-corrected chi connectivity index (χ1v) is 9.55. The van der Waals surface area contributed by atoms with E-state index in [1.165, 1.54) is 18.4 Å². The lowest BCUT2D eigenvalue weighted by atomic mass is 10.2. The number of rotatable bonds is 8. The molecular formula is C19H30N6O. The summed E-state index contributed by atoms with van der Waals surface area (Å²) in [4.78, 5) is 7.28. The minimum atomic E-state index is 0.205. The van der Waals surface area contributed by atoms with Gasteiger partial charge in [-0.05, 0) is 57.5 Å². The van der Waals surface area contributed by atoms with Crippen LogP contribution in [0.2, 0.25) is 0 Å². The van der Waals surface area contributed by atoms with E-state index in [1.54, 1.807) is 6.26 Å². The summed E-state index contributed by atoms with van der Waals surface area (Å²) in [6.45, 7) is 9.47. The Labute approximate surface area is 155 Å². The highest BCUT2D eigenvalue weighted by Gasteiger charge is 2.25. The van der Waals surface area contributed by atoms with Gasteiger partial charge in [-0.15, -0.1) is 0 Å². The Hall–Kier alpha value is -2.28. The number of aliphatic imine (C=N–C) groups is 1. The van der Waals surface area contributed by atoms with Crippen molar-refractivity contribution in [3.8, 4) is 0 Å². The van der Waals surface area contributed by atoms with Crippen molar-refractivity contribution in [3.63, 3.8) is 0 Å². The molecule has 0 aliphatic carbocycles. The summed E-state index contributed by atoms with van der Waals surface area (Å²) in [6.07, 6.45) is 8.18. The summed E-state index contributed by atoms with van der Waals surface area (Å²) in [7, 11) is 0. The van der Waals surface area contributed by atoms with Gasteiger partial charge >= 0.3 is 0 Å². The Morgan fingerprint density at radius 2 is 2.19 bits per heavy atom. The van der Waals surface area contributed by atoms with Crippen LogP contribution in [-0.2, 0) is 6.54 Å². The van der Waals surface area contributed by atoms with Gasteiger partial charge in [0.1, 0.15) is 5.76 Å². The van der Waals surface area contributed by atoms with Crippen LogP contribution in [0.4, 0.5) is 0 Å². The van der Waals surface area contributed by atoms with E-state index in [-0.39, 0.29) is 6.04 Å². The first-order chi connectivity index (χ1) is 12.8. The lowest BCUT2D eigenvalue weighted by Crippen LogP contribution is -2.39. The number of likely N-dealkylation sites (tertiary alicyclic amines) is 1. The maximum atomic E-state index is 5.68. The van der Waals surface area contributed by atoms with Gasteiger partial charge in [0.15, 0.2) is 5.96 Å². The van der Waals surface area contributed by atoms with E-state index in [2.05, 4.69) is 40.5 Å². The van der Waals surface area contributed by atoms with Crippen molar-refractivity contribution >= 4 is 5.96 Å². The number of hydrogen-bond acceptors (Lipinski definition) is 4. The number of aryl methyl sites for hydroxylation is 1. The molecule has 0 bridgehead atoms. The Bertz CT molecular complexity index is 672. The van der Waals surface area contributed by atoms with Crippen molar-refractivity contribution in [1.29, 1.82) is 0 Å². The van der Waals surface area contributed by atoms with Crippen molar-refractivity contribution in [1.82, 2.24) is 25.3 Å². The van der Waals surface area contributed by atoms with Crippen molar-refractivity contribution in [3.05, 3.63) is 42.1 Å². The smallest absolute Gasteiger partial charge is 0.191 e. The molecular weight excluding hydrogens is 328 g/mol. The molecule has 2 aromatic rings. The van der Waals surface area contributed by atoms with Gasteiger partial charge < -0.3 is 15.1 Å². The van der Waals surface area contributed by atoms with Crippen LogP contribution in [-0.4, -0.2) is 53.4 Å². The zero-order valence-corrected chi connectivity index (χ0v) is 15.8. The summed E-state index contributed by atoms with van der Waals surface area (Å²) < 4.78 is 7.62. The molecule has 1 aliphatic heterocycles. The summed E-state index contributed by atoms with van der Waals surface area (Å²) in [5.74, 6) is 1.84. The first kappa shape index (κ1) is 18.5. The van der Waals surface area contributed by atoms with Crippen molar-refractivity contribution in [2.75, 3.05) is 32.7 Å². The average Bonchev–Trinajstić information content (AvgIpc) is 3.38. The fraction of sp³-hybridized carbons (Fsp3) is 0.579. The number of furan rings is 1. The largest absolute Gasteiger partial charge is 0.468 e. The van der Waals surface area contributed by atoms with Crippen LogP contribution in [0.5, 0.6) is 0 Å². The number of hydrogen-bond donors (Lipinski definition) is 2. The predicted molar refractivity (Wildman–Crippen MR) is 103 cm³/mol. The minimum Gasteiger partial charge on any atom is -0.468 e. The van der Waals surface area contributed by atoms with Crippen LogP contribution in [0.25, 0.3) is 0 Å². The van der Waals surface area contributed by atoms with Gasteiger partial charge in [0, 0.05) is 19.3 Å². The van der Waals surface area contributed by atoms with Crippen LogP contribution >= 0.6 is 0 Å². The number of nitrogens with one attached hydrogen (secondary N) is 2. The molecule has 0 aromatic carbocycles. The first-order valence-electron chi connectivity index (χ1n) is 9.55. The van der Waals surface area contributed by atoms with Crippen molar-refractivity contribution in [2.24, 2.45) is 4.99 Å². The summed E-state index contributed by atoms with van der Waals surface area (Å²) >= 11 is 0. The average molecular weight is 358 g/mol. The topological polar surface area (TPSA) is 70.6 Å². The second-order valence-electron chi connectivity index (χ2n) is 6.70. The second kappa shape index (κ2) is 9.43. The molecule has 1 fully saturated rings. The summed E-state index contributed by atoms with van der Waals surface area (Å²) in [5.41, 5.74) is 1.18. The molecule has 1 unspecified atom stereocenters. The van der Waals surface area contributed by atoms with Gasteiger partial charge in [-0.1, -0.05) is 0 Å². The minimum absolute atomic E-state index is 0.205. The molecule has 3 heterocycles. The van der Waals surface area contributed by atoms with E-state index in [1.807, 2.05) is 23.1 Å². The van der Waals surface area contributed by atoms with E-state index in [4.69, 9.17) is 9.41 Å². The van der Waals surface area contributed by atoms with Crippen LogP contribution in [0.1, 0.15) is 37.1 Å². The molecule has 0 spiro atoms. The zero-order chi connectivity index (χ0) is 18.2. The van der Waals surface area contributed by atoms with Gasteiger partial charge in [-0.25, -0.2) is 0 Å². The molecule has 2 aromatic heterocycles. The lowest BCUT2D eigenvalue weighted by Gasteiger charge is -2.24. The van der Waals surface area contributed by atoms with E-state index in [0.717, 1.165) is 44.4 Å². The highest BCUT2D eigenvalue weighted by atomic mass is 16.3. The molecule has 7 heteroatoms. The monoisotopic (exact) mass is 358 g/mol. The zero-order valence-electron chi connectivity index (χ0n) is 15.8. The molecule has 2 N–H and O–H groups in total. The summed E-state index contributed by atoms with van der Waals surface area (Å²) in [6, 6.07) is 4.22. The van der Waals surface area contributed by atoms with Crippen LogP contribution in [0.3, 0.4) is 0 Å². The van der Waals surface area contributed by atoms with Gasteiger partial charge in [-0.3, -0.25) is 14.6 Å². The van der Waals surface area contributed by atoms with Crippen molar-refractivity contribution < 1.29 is 4.42 Å². The van der Waals surface area contributed by atoms with Crippen LogP contribution in [0.15, 0.2) is 40.2 Å². The molecule has 26 heavy (non-hydrogen) atoms. The van der Waals surface area contributed by atoms with Crippen molar-refractivity contribution in [2.45, 2.75) is 39.3 Å². The van der Waals surface area contributed by atoms with E-state index in [9.17, 15) is 0 Å². The Morgan fingerprint density at radius 1 is 1.35 bits per heavy atom. The molecule has 0 saturated carbocycles. The third-order valence-electron chi connectivity index (χ3n) is 4.62. The van der Waals surface area contributed by atoms with E-state index < -0.39 is 0 Å². The molecule has 0 amide bonds. The summed E-state index contributed by atoms with van der Waals surface area (Å²) in [5, 5.41) is 11.0. The molecule has 7 nitrogen and oxygen atoms in total. The number of aromatic nitrogens is 2. The number of guanidine groups is 1. The maximum absolute atomic E-state index is 5.68.